The van der Waals surface area contributed by atoms with Gasteiger partial charge in [0, 0.05) is 19.0 Å². The lowest BCUT2D eigenvalue weighted by atomic mass is 10.0. The topological polar surface area (TPSA) is 12.0 Å². The van der Waals surface area contributed by atoms with Gasteiger partial charge in [0.2, 0.25) is 0 Å². The van der Waals surface area contributed by atoms with Crippen molar-refractivity contribution in [3.05, 3.63) is 0 Å². The predicted octanol–water partition coefficient (Wildman–Crippen LogP) is 0.954. The maximum atomic E-state index is 12.8. The van der Waals surface area contributed by atoms with E-state index in [1.807, 2.05) is 0 Å². The van der Waals surface area contributed by atoms with E-state index in [0.29, 0.717) is 12.5 Å². The minimum absolute atomic E-state index is 0.366. The molecule has 0 aromatic carbocycles. The number of hydrogen-bond donors (Lipinski definition) is 1. The standard InChI is InChI=1S/C7H12FN/c8-7-4-9-3-6(7)5-1-2-5/h5-7,9H,1-4H2. The van der Waals surface area contributed by atoms with E-state index < -0.39 is 6.17 Å². The third kappa shape index (κ3) is 0.960. The lowest BCUT2D eigenvalue weighted by Gasteiger charge is -2.07. The van der Waals surface area contributed by atoms with Crippen molar-refractivity contribution in [1.82, 2.24) is 5.32 Å². The quantitative estimate of drug-likeness (QED) is 0.556. The van der Waals surface area contributed by atoms with Crippen LogP contribution in [0.3, 0.4) is 0 Å². The van der Waals surface area contributed by atoms with Crippen molar-refractivity contribution in [3.63, 3.8) is 0 Å². The molecular formula is C7H12FN. The number of alkyl halides is 1. The van der Waals surface area contributed by atoms with E-state index in [2.05, 4.69) is 5.32 Å². The number of nitrogens with one attached hydrogen (secondary N) is 1. The van der Waals surface area contributed by atoms with Gasteiger partial charge in [-0.25, -0.2) is 4.39 Å². The van der Waals surface area contributed by atoms with Crippen molar-refractivity contribution in [1.29, 1.82) is 0 Å². The molecule has 52 valence electrons. The SMILES string of the molecule is FC1CNCC1C1CC1. The highest BCUT2D eigenvalue weighted by Crippen LogP contribution is 2.40. The van der Waals surface area contributed by atoms with Crippen molar-refractivity contribution in [2.75, 3.05) is 13.1 Å². The molecule has 0 spiro atoms. The van der Waals surface area contributed by atoms with Gasteiger partial charge in [0.1, 0.15) is 6.17 Å². The van der Waals surface area contributed by atoms with Crippen LogP contribution in [0.25, 0.3) is 0 Å². The second-order valence-electron chi connectivity index (χ2n) is 3.18. The van der Waals surface area contributed by atoms with Crippen LogP contribution in [-0.4, -0.2) is 19.3 Å². The summed E-state index contributed by atoms with van der Waals surface area (Å²) in [6.07, 6.45) is 2.00. The highest BCUT2D eigenvalue weighted by atomic mass is 19.1. The van der Waals surface area contributed by atoms with Crippen LogP contribution < -0.4 is 5.32 Å². The maximum absolute atomic E-state index is 12.8. The average Bonchev–Trinajstić information content (AvgIpc) is 2.58. The van der Waals surface area contributed by atoms with Crippen molar-refractivity contribution in [2.45, 2.75) is 19.0 Å². The molecule has 1 N–H and O–H groups in total. The highest BCUT2D eigenvalue weighted by Gasteiger charge is 2.39. The molecule has 2 fully saturated rings. The first kappa shape index (κ1) is 5.66. The smallest absolute Gasteiger partial charge is 0.117 e. The summed E-state index contributed by atoms with van der Waals surface area (Å²) in [5.41, 5.74) is 0. The Hall–Kier alpha value is -0.110. The van der Waals surface area contributed by atoms with E-state index in [1.165, 1.54) is 12.8 Å². The molecule has 0 aromatic rings. The summed E-state index contributed by atoms with van der Waals surface area (Å²) in [5, 5.41) is 3.07. The fraction of sp³-hybridized carbons (Fsp3) is 1.00. The lowest BCUT2D eigenvalue weighted by Crippen LogP contribution is -2.14. The summed E-state index contributed by atoms with van der Waals surface area (Å²) in [4.78, 5) is 0. The Kier molecular flexibility index (Phi) is 1.22. The van der Waals surface area contributed by atoms with Gasteiger partial charge in [-0.05, 0) is 18.8 Å². The van der Waals surface area contributed by atoms with Gasteiger partial charge in [0.05, 0.1) is 0 Å². The third-order valence-electron chi connectivity index (χ3n) is 2.41. The van der Waals surface area contributed by atoms with Gasteiger partial charge in [-0.2, -0.15) is 0 Å². The van der Waals surface area contributed by atoms with Crippen molar-refractivity contribution in [2.24, 2.45) is 11.8 Å². The van der Waals surface area contributed by atoms with Crippen LogP contribution in [0.15, 0.2) is 0 Å². The Morgan fingerprint density at radius 1 is 1.22 bits per heavy atom. The van der Waals surface area contributed by atoms with Crippen LogP contribution in [-0.2, 0) is 0 Å². The van der Waals surface area contributed by atoms with Crippen molar-refractivity contribution >= 4 is 0 Å². The summed E-state index contributed by atoms with van der Waals surface area (Å²) >= 11 is 0. The molecule has 1 nitrogen and oxygen atoms in total. The Bertz CT molecular complexity index is 111. The Balaban J connectivity index is 1.93. The molecule has 1 aliphatic heterocycles. The molecule has 0 amide bonds. The van der Waals surface area contributed by atoms with Gasteiger partial charge in [-0.15, -0.1) is 0 Å². The number of hydrogen-bond acceptors (Lipinski definition) is 1. The summed E-state index contributed by atoms with van der Waals surface area (Å²) in [6.45, 7) is 1.52. The van der Waals surface area contributed by atoms with Gasteiger partial charge >= 0.3 is 0 Å². The van der Waals surface area contributed by atoms with Gasteiger partial charge in [0.15, 0.2) is 0 Å². The van der Waals surface area contributed by atoms with Crippen LogP contribution in [0.4, 0.5) is 4.39 Å². The fourth-order valence-electron chi connectivity index (χ4n) is 1.65. The Morgan fingerprint density at radius 3 is 2.44 bits per heavy atom. The molecule has 0 radical (unpaired) electrons. The molecule has 2 heteroatoms. The van der Waals surface area contributed by atoms with Gasteiger partial charge < -0.3 is 5.32 Å². The molecule has 0 aromatic heterocycles. The third-order valence-corrected chi connectivity index (χ3v) is 2.41. The van der Waals surface area contributed by atoms with E-state index >= 15 is 0 Å². The second-order valence-corrected chi connectivity index (χ2v) is 3.18. The molecule has 1 saturated carbocycles. The summed E-state index contributed by atoms with van der Waals surface area (Å²) in [7, 11) is 0. The summed E-state index contributed by atoms with van der Waals surface area (Å²) in [6, 6.07) is 0. The minimum Gasteiger partial charge on any atom is -0.313 e. The normalized spacial score (nSPS) is 43.7. The monoisotopic (exact) mass is 129 g/mol. The lowest BCUT2D eigenvalue weighted by molar-refractivity contribution is 0.262. The number of halogens is 1. The Morgan fingerprint density at radius 2 is 2.00 bits per heavy atom. The zero-order chi connectivity index (χ0) is 6.27. The molecule has 2 unspecified atom stereocenters. The molecule has 2 atom stereocenters. The Labute approximate surface area is 54.6 Å². The van der Waals surface area contributed by atoms with Crippen LogP contribution in [0.2, 0.25) is 0 Å². The molecule has 0 bridgehead atoms. The zero-order valence-corrected chi connectivity index (χ0v) is 5.44. The minimum atomic E-state index is -0.544. The number of rotatable bonds is 1. The molecular weight excluding hydrogens is 117 g/mol. The van der Waals surface area contributed by atoms with Crippen LogP contribution in [0, 0.1) is 11.8 Å². The first-order valence-electron chi connectivity index (χ1n) is 3.72. The molecule has 2 aliphatic rings. The zero-order valence-electron chi connectivity index (χ0n) is 5.44. The fourth-order valence-corrected chi connectivity index (χ4v) is 1.65. The highest BCUT2D eigenvalue weighted by molar-refractivity contribution is 4.91. The van der Waals surface area contributed by atoms with E-state index in [0.717, 1.165) is 12.5 Å². The second kappa shape index (κ2) is 1.94. The van der Waals surface area contributed by atoms with Crippen LogP contribution >= 0.6 is 0 Å². The van der Waals surface area contributed by atoms with E-state index in [4.69, 9.17) is 0 Å². The molecule has 1 heterocycles. The predicted molar refractivity (Wildman–Crippen MR) is 34.0 cm³/mol. The van der Waals surface area contributed by atoms with Crippen LogP contribution in [0.1, 0.15) is 12.8 Å². The van der Waals surface area contributed by atoms with Crippen molar-refractivity contribution < 1.29 is 4.39 Å². The maximum Gasteiger partial charge on any atom is 0.117 e. The largest absolute Gasteiger partial charge is 0.313 e. The summed E-state index contributed by atoms with van der Waals surface area (Å²) < 4.78 is 12.8. The van der Waals surface area contributed by atoms with Crippen LogP contribution in [0.5, 0.6) is 0 Å². The molecule has 9 heavy (non-hydrogen) atoms. The first-order valence-corrected chi connectivity index (χ1v) is 3.72. The molecule has 1 aliphatic carbocycles. The van der Waals surface area contributed by atoms with E-state index in [-0.39, 0.29) is 0 Å². The first-order chi connectivity index (χ1) is 4.38. The van der Waals surface area contributed by atoms with Gasteiger partial charge in [0.25, 0.3) is 0 Å². The average molecular weight is 129 g/mol. The van der Waals surface area contributed by atoms with Gasteiger partial charge in [-0.3, -0.25) is 0 Å². The van der Waals surface area contributed by atoms with Crippen molar-refractivity contribution in [3.8, 4) is 0 Å². The molecule has 2 rings (SSSR count). The summed E-state index contributed by atoms with van der Waals surface area (Å²) in [5.74, 6) is 1.10. The van der Waals surface area contributed by atoms with Gasteiger partial charge in [-0.1, -0.05) is 0 Å². The van der Waals surface area contributed by atoms with E-state index in [9.17, 15) is 4.39 Å². The van der Waals surface area contributed by atoms with E-state index in [1.54, 1.807) is 0 Å². The molecule has 1 saturated heterocycles.